The molecule has 50 heavy (non-hydrogen) atoms. The van der Waals surface area contributed by atoms with Crippen LogP contribution in [0.2, 0.25) is 5.02 Å². The Morgan fingerprint density at radius 2 is 1.72 bits per heavy atom. The molecule has 3 aromatic heterocycles. The molecule has 15 heteroatoms. The van der Waals surface area contributed by atoms with Gasteiger partial charge in [-0.15, -0.1) is 10.2 Å². The van der Waals surface area contributed by atoms with Gasteiger partial charge in [-0.2, -0.15) is 0 Å². The van der Waals surface area contributed by atoms with Crippen molar-refractivity contribution < 1.29 is 18.9 Å². The molecule has 14 nitrogen and oxygen atoms in total. The van der Waals surface area contributed by atoms with Gasteiger partial charge in [-0.1, -0.05) is 17.7 Å². The number of ether oxygens (including phenoxy) is 4. The average Bonchev–Trinajstić information content (AvgIpc) is 3.79. The molecule has 3 aliphatic rings. The van der Waals surface area contributed by atoms with Gasteiger partial charge >= 0.3 is 0 Å². The lowest BCUT2D eigenvalue weighted by Crippen LogP contribution is -2.51. The van der Waals surface area contributed by atoms with Gasteiger partial charge in [0.2, 0.25) is 5.95 Å². The number of nitrogens with zero attached hydrogens (tertiary/aromatic N) is 9. The number of hydrogen-bond donors (Lipinski definition) is 1. The Morgan fingerprint density at radius 1 is 0.980 bits per heavy atom. The van der Waals surface area contributed by atoms with E-state index in [1.807, 2.05) is 25.1 Å². The van der Waals surface area contributed by atoms with E-state index in [4.69, 9.17) is 35.6 Å². The van der Waals surface area contributed by atoms with Crippen LogP contribution in [-0.2, 0) is 16.0 Å². The molecule has 0 radical (unpaired) electrons. The van der Waals surface area contributed by atoms with Crippen LogP contribution in [0.25, 0.3) is 11.1 Å². The molecule has 4 aromatic rings. The molecule has 268 valence electrons. The van der Waals surface area contributed by atoms with Gasteiger partial charge in [0, 0.05) is 50.3 Å². The molecule has 1 aliphatic carbocycles. The van der Waals surface area contributed by atoms with E-state index in [2.05, 4.69) is 60.4 Å². The Balaban J connectivity index is 1.03. The topological polar surface area (TPSA) is 139 Å². The Morgan fingerprint density at radius 3 is 2.44 bits per heavy atom. The van der Waals surface area contributed by atoms with E-state index >= 15 is 0 Å². The lowest BCUT2D eigenvalue weighted by atomic mass is 9.89. The van der Waals surface area contributed by atoms with Gasteiger partial charge < -0.3 is 24.3 Å². The minimum absolute atomic E-state index is 0.203. The zero-order valence-corrected chi connectivity index (χ0v) is 29.8. The van der Waals surface area contributed by atoms with Crippen LogP contribution < -0.4 is 14.8 Å². The van der Waals surface area contributed by atoms with Crippen LogP contribution in [0.1, 0.15) is 65.3 Å². The SMILES string of the molecule is C[C@@H]1CN(C2CCC(n3cc(Nc4ncc(-c5ccc(Cl)c(O[C@@H](C)Cn6cnnn6)c5)cn4)c(OCC4CCOCC4)n3)CC2)C[C@H](C)O1. The highest BCUT2D eigenvalue weighted by atomic mass is 35.5. The number of benzene rings is 1. The highest BCUT2D eigenvalue weighted by Crippen LogP contribution is 2.36. The van der Waals surface area contributed by atoms with Crippen molar-refractivity contribution in [1.29, 1.82) is 0 Å². The summed E-state index contributed by atoms with van der Waals surface area (Å²) < 4.78 is 27.7. The van der Waals surface area contributed by atoms with Crippen molar-refractivity contribution >= 4 is 23.2 Å². The maximum absolute atomic E-state index is 6.48. The minimum atomic E-state index is -0.203. The van der Waals surface area contributed by atoms with Crippen molar-refractivity contribution in [2.45, 2.75) is 96.2 Å². The Kier molecular flexibility index (Phi) is 11.1. The summed E-state index contributed by atoms with van der Waals surface area (Å²) >= 11 is 6.48. The van der Waals surface area contributed by atoms with Crippen LogP contribution in [0.3, 0.4) is 0 Å². The van der Waals surface area contributed by atoms with Gasteiger partial charge in [-0.05, 0) is 93.3 Å². The summed E-state index contributed by atoms with van der Waals surface area (Å²) in [5.41, 5.74) is 2.48. The average molecular weight is 707 g/mol. The molecule has 2 saturated heterocycles. The summed E-state index contributed by atoms with van der Waals surface area (Å²) in [5.74, 6) is 2.05. The van der Waals surface area contributed by atoms with E-state index in [1.54, 1.807) is 23.4 Å². The quantitative estimate of drug-likeness (QED) is 0.196. The van der Waals surface area contributed by atoms with Crippen LogP contribution in [0.5, 0.6) is 11.6 Å². The molecule has 3 atom stereocenters. The molecule has 7 rings (SSSR count). The second-order valence-electron chi connectivity index (χ2n) is 13.9. The highest BCUT2D eigenvalue weighted by molar-refractivity contribution is 6.32. The van der Waals surface area contributed by atoms with E-state index in [9.17, 15) is 0 Å². The summed E-state index contributed by atoms with van der Waals surface area (Å²) in [6.07, 6.45) is 14.0. The molecule has 0 unspecified atom stereocenters. The van der Waals surface area contributed by atoms with Crippen LogP contribution in [0, 0.1) is 5.92 Å². The first-order chi connectivity index (χ1) is 24.4. The lowest BCUT2D eigenvalue weighted by Gasteiger charge is -2.42. The Labute approximate surface area is 297 Å². The zero-order valence-electron chi connectivity index (χ0n) is 29.0. The molecule has 0 bridgehead atoms. The van der Waals surface area contributed by atoms with Gasteiger partial charge in [0.1, 0.15) is 23.9 Å². The molecular weight excluding hydrogens is 660 g/mol. The number of morpholine rings is 1. The summed E-state index contributed by atoms with van der Waals surface area (Å²) in [6.45, 7) is 11.0. The summed E-state index contributed by atoms with van der Waals surface area (Å²) in [4.78, 5) is 11.9. The maximum Gasteiger partial charge on any atom is 0.256 e. The summed E-state index contributed by atoms with van der Waals surface area (Å²) in [5, 5.41) is 20.1. The fourth-order valence-corrected chi connectivity index (χ4v) is 7.45. The minimum Gasteiger partial charge on any atom is -0.487 e. The van der Waals surface area contributed by atoms with E-state index in [-0.39, 0.29) is 18.3 Å². The Hall–Kier alpha value is -3.85. The van der Waals surface area contributed by atoms with Crippen molar-refractivity contribution in [3.05, 3.63) is 48.1 Å². The fourth-order valence-electron chi connectivity index (χ4n) is 7.28. The first-order valence-electron chi connectivity index (χ1n) is 17.8. The fraction of sp³-hybridized carbons (Fsp3) is 0.600. The van der Waals surface area contributed by atoms with Crippen molar-refractivity contribution in [2.75, 3.05) is 38.2 Å². The third kappa shape index (κ3) is 8.71. The van der Waals surface area contributed by atoms with Crippen molar-refractivity contribution in [1.82, 2.24) is 44.9 Å². The van der Waals surface area contributed by atoms with Crippen molar-refractivity contribution in [3.63, 3.8) is 0 Å². The zero-order chi connectivity index (χ0) is 34.5. The molecule has 2 aliphatic heterocycles. The van der Waals surface area contributed by atoms with Gasteiger partial charge in [0.25, 0.3) is 5.88 Å². The molecule has 3 fully saturated rings. The predicted molar refractivity (Wildman–Crippen MR) is 188 cm³/mol. The normalized spacial score (nSPS) is 24.2. The second kappa shape index (κ2) is 16.0. The molecule has 1 aromatic carbocycles. The van der Waals surface area contributed by atoms with Crippen LogP contribution in [0.15, 0.2) is 43.1 Å². The van der Waals surface area contributed by atoms with Gasteiger partial charge in [0.15, 0.2) is 0 Å². The molecular formula is C35H47ClN10O4. The Bertz CT molecular complexity index is 1650. The van der Waals surface area contributed by atoms with Gasteiger partial charge in [-0.25, -0.2) is 14.6 Å². The summed E-state index contributed by atoms with van der Waals surface area (Å²) in [6, 6.07) is 6.53. The van der Waals surface area contributed by atoms with Crippen molar-refractivity contribution in [3.8, 4) is 22.8 Å². The maximum atomic E-state index is 6.48. The third-order valence-corrected chi connectivity index (χ3v) is 10.1. The highest BCUT2D eigenvalue weighted by Gasteiger charge is 2.32. The summed E-state index contributed by atoms with van der Waals surface area (Å²) in [7, 11) is 0. The van der Waals surface area contributed by atoms with Gasteiger partial charge in [-0.3, -0.25) is 9.58 Å². The molecule has 1 N–H and O–H groups in total. The molecule has 5 heterocycles. The number of tetrazole rings is 1. The second-order valence-corrected chi connectivity index (χ2v) is 14.3. The van der Waals surface area contributed by atoms with Crippen LogP contribution in [0.4, 0.5) is 11.6 Å². The van der Waals surface area contributed by atoms with E-state index in [1.165, 1.54) is 0 Å². The van der Waals surface area contributed by atoms with E-state index in [0.29, 0.717) is 53.8 Å². The largest absolute Gasteiger partial charge is 0.487 e. The first-order valence-corrected chi connectivity index (χ1v) is 18.2. The molecule has 1 saturated carbocycles. The lowest BCUT2D eigenvalue weighted by molar-refractivity contribution is -0.0852. The number of halogens is 1. The molecule has 0 spiro atoms. The van der Waals surface area contributed by atoms with E-state index < -0.39 is 0 Å². The monoisotopic (exact) mass is 706 g/mol. The van der Waals surface area contributed by atoms with Crippen molar-refractivity contribution in [2.24, 2.45) is 5.92 Å². The number of hydrogen-bond acceptors (Lipinski definition) is 12. The number of anilines is 2. The first kappa shape index (κ1) is 34.6. The molecule has 0 amide bonds. The third-order valence-electron chi connectivity index (χ3n) is 9.83. The number of rotatable bonds is 12. The smallest absolute Gasteiger partial charge is 0.256 e. The van der Waals surface area contributed by atoms with Crippen LogP contribution >= 0.6 is 11.6 Å². The standard InChI is InChI=1S/C35H47ClN10O4/c1-23-17-44(18-24(2)49-23)29-5-7-30(8-6-29)46-20-32(34(41-46)48-21-26-10-12-47-13-11-26)40-35-37-15-28(16-38-35)27-4-9-31(36)33(14-27)50-25(3)19-45-22-39-42-43-45/h4,9,14-16,20,22-26,29-30H,5-8,10-13,17-19,21H2,1-3H3,(H,37,38,40)/t23-,24+,25-,29?,30?/m0/s1. The van der Waals surface area contributed by atoms with Crippen LogP contribution in [-0.4, -0.2) is 102 Å². The number of nitrogens with one attached hydrogen (secondary N) is 1. The van der Waals surface area contributed by atoms with Gasteiger partial charge in [0.05, 0.1) is 42.6 Å². The predicted octanol–water partition coefficient (Wildman–Crippen LogP) is 5.59. The number of aromatic nitrogens is 8. The van der Waals surface area contributed by atoms with E-state index in [0.717, 1.165) is 81.6 Å².